The van der Waals surface area contributed by atoms with Crippen LogP contribution in [0.3, 0.4) is 0 Å². The van der Waals surface area contributed by atoms with E-state index < -0.39 is 0 Å². The van der Waals surface area contributed by atoms with Crippen LogP contribution < -0.4 is 5.32 Å². The van der Waals surface area contributed by atoms with E-state index in [1.54, 1.807) is 0 Å². The van der Waals surface area contributed by atoms with Crippen molar-refractivity contribution in [2.45, 2.75) is 51.6 Å². The molecule has 0 spiro atoms. The second-order valence-electron chi connectivity index (χ2n) is 5.20. The summed E-state index contributed by atoms with van der Waals surface area (Å²) >= 11 is 0. The van der Waals surface area contributed by atoms with E-state index in [9.17, 15) is 0 Å². The van der Waals surface area contributed by atoms with E-state index in [0.717, 1.165) is 6.04 Å². The van der Waals surface area contributed by atoms with Crippen LogP contribution in [0.4, 0.5) is 0 Å². The van der Waals surface area contributed by atoms with E-state index >= 15 is 0 Å². The molecule has 0 aliphatic carbocycles. The predicted octanol–water partition coefficient (Wildman–Crippen LogP) is 1.86. The van der Waals surface area contributed by atoms with Gasteiger partial charge in [-0.05, 0) is 47.2 Å². The molecule has 78 valence electrons. The minimum Gasteiger partial charge on any atom is -0.313 e. The Bertz CT molecular complexity index is 143. The number of nitrogens with one attached hydrogen (secondary N) is 1. The molecule has 0 unspecified atom stereocenters. The summed E-state index contributed by atoms with van der Waals surface area (Å²) in [5, 5.41) is 3.58. The van der Waals surface area contributed by atoms with Gasteiger partial charge in [-0.3, -0.25) is 4.90 Å². The van der Waals surface area contributed by atoms with Crippen molar-refractivity contribution >= 4 is 0 Å². The van der Waals surface area contributed by atoms with E-state index in [1.165, 1.54) is 32.4 Å². The maximum Gasteiger partial charge on any atom is 0.0195 e. The molecule has 0 radical (unpaired) electrons. The summed E-state index contributed by atoms with van der Waals surface area (Å²) in [6.07, 6.45) is 4.10. The third kappa shape index (κ3) is 3.65. The molecule has 1 saturated heterocycles. The Morgan fingerprint density at radius 2 is 2.00 bits per heavy atom. The van der Waals surface area contributed by atoms with Crippen LogP contribution in [0.15, 0.2) is 0 Å². The van der Waals surface area contributed by atoms with E-state index in [4.69, 9.17) is 0 Å². The number of hydrogen-bond acceptors (Lipinski definition) is 2. The van der Waals surface area contributed by atoms with Gasteiger partial charge in [0.05, 0.1) is 0 Å². The molecular formula is C11H24N2. The van der Waals surface area contributed by atoms with Crippen LogP contribution in [-0.2, 0) is 0 Å². The second kappa shape index (κ2) is 4.43. The van der Waals surface area contributed by atoms with Gasteiger partial charge in [-0.1, -0.05) is 6.42 Å². The zero-order valence-corrected chi connectivity index (χ0v) is 9.56. The zero-order chi connectivity index (χ0) is 9.90. The summed E-state index contributed by atoms with van der Waals surface area (Å²) in [5.41, 5.74) is 0.305. The van der Waals surface area contributed by atoms with Gasteiger partial charge in [-0.15, -0.1) is 0 Å². The molecule has 13 heavy (non-hydrogen) atoms. The largest absolute Gasteiger partial charge is 0.313 e. The summed E-state index contributed by atoms with van der Waals surface area (Å²) in [4.78, 5) is 2.44. The van der Waals surface area contributed by atoms with E-state index in [2.05, 4.69) is 38.0 Å². The van der Waals surface area contributed by atoms with Crippen molar-refractivity contribution < 1.29 is 0 Å². The van der Waals surface area contributed by atoms with Gasteiger partial charge in [-0.2, -0.15) is 0 Å². The highest BCUT2D eigenvalue weighted by molar-refractivity contribution is 4.80. The number of hydrogen-bond donors (Lipinski definition) is 1. The van der Waals surface area contributed by atoms with Gasteiger partial charge in [0, 0.05) is 18.1 Å². The first-order valence-corrected chi connectivity index (χ1v) is 5.45. The summed E-state index contributed by atoms with van der Waals surface area (Å²) in [6, 6.07) is 0.720. The standard InChI is InChI=1S/C11H24N2/c1-11(2,3)13(4)9-10-7-5-6-8-12-10/h10,12H,5-9H2,1-4H3/t10-/m1/s1. The number of rotatable bonds is 2. The molecule has 1 aliphatic rings. The van der Waals surface area contributed by atoms with Crippen LogP contribution in [-0.4, -0.2) is 36.6 Å². The van der Waals surface area contributed by atoms with Crippen molar-refractivity contribution in [3.8, 4) is 0 Å². The van der Waals surface area contributed by atoms with Crippen molar-refractivity contribution in [1.29, 1.82) is 0 Å². The summed E-state index contributed by atoms with van der Waals surface area (Å²) in [6.45, 7) is 9.22. The molecule has 0 bridgehead atoms. The van der Waals surface area contributed by atoms with Crippen molar-refractivity contribution in [3.63, 3.8) is 0 Å². The Balaban J connectivity index is 2.30. The third-order valence-corrected chi connectivity index (χ3v) is 3.05. The fourth-order valence-electron chi connectivity index (χ4n) is 1.68. The molecule has 1 atom stereocenters. The first-order chi connectivity index (χ1) is 6.00. The average molecular weight is 184 g/mol. The minimum atomic E-state index is 0.305. The highest BCUT2D eigenvalue weighted by Gasteiger charge is 2.21. The molecule has 1 heterocycles. The van der Waals surface area contributed by atoms with Crippen LogP contribution in [0.2, 0.25) is 0 Å². The Morgan fingerprint density at radius 3 is 2.46 bits per heavy atom. The Labute approximate surface area is 82.7 Å². The normalized spacial score (nSPS) is 25.2. The number of nitrogens with zero attached hydrogens (tertiary/aromatic N) is 1. The lowest BCUT2D eigenvalue weighted by molar-refractivity contribution is 0.149. The fraction of sp³-hybridized carbons (Fsp3) is 1.00. The highest BCUT2D eigenvalue weighted by Crippen LogP contribution is 2.14. The lowest BCUT2D eigenvalue weighted by Gasteiger charge is -2.36. The molecule has 0 aromatic rings. The van der Waals surface area contributed by atoms with Gasteiger partial charge in [0.1, 0.15) is 0 Å². The molecule has 0 aromatic carbocycles. The van der Waals surface area contributed by atoms with Crippen LogP contribution in [0.5, 0.6) is 0 Å². The maximum absolute atomic E-state index is 3.58. The second-order valence-corrected chi connectivity index (χ2v) is 5.20. The van der Waals surface area contributed by atoms with Gasteiger partial charge >= 0.3 is 0 Å². The first-order valence-electron chi connectivity index (χ1n) is 5.45. The van der Waals surface area contributed by atoms with Crippen LogP contribution in [0.1, 0.15) is 40.0 Å². The summed E-state index contributed by atoms with van der Waals surface area (Å²) in [7, 11) is 2.22. The quantitative estimate of drug-likeness (QED) is 0.704. The minimum absolute atomic E-state index is 0.305. The Hall–Kier alpha value is -0.0800. The molecule has 1 fully saturated rings. The van der Waals surface area contributed by atoms with E-state index in [1.807, 2.05) is 0 Å². The molecule has 2 heteroatoms. The smallest absolute Gasteiger partial charge is 0.0195 e. The highest BCUT2D eigenvalue weighted by atomic mass is 15.2. The van der Waals surface area contributed by atoms with Gasteiger partial charge in [0.15, 0.2) is 0 Å². The molecule has 1 aliphatic heterocycles. The Morgan fingerprint density at radius 1 is 1.31 bits per heavy atom. The van der Waals surface area contributed by atoms with Crippen LogP contribution in [0, 0.1) is 0 Å². The molecule has 0 saturated carbocycles. The predicted molar refractivity (Wildman–Crippen MR) is 58.0 cm³/mol. The van der Waals surface area contributed by atoms with Crippen molar-refractivity contribution in [3.05, 3.63) is 0 Å². The number of likely N-dealkylation sites (N-methyl/N-ethyl adjacent to an activating group) is 1. The van der Waals surface area contributed by atoms with Gasteiger partial charge in [0.25, 0.3) is 0 Å². The third-order valence-electron chi connectivity index (χ3n) is 3.05. The van der Waals surface area contributed by atoms with E-state index in [-0.39, 0.29) is 0 Å². The zero-order valence-electron chi connectivity index (χ0n) is 9.56. The monoisotopic (exact) mass is 184 g/mol. The van der Waals surface area contributed by atoms with Crippen LogP contribution >= 0.6 is 0 Å². The maximum atomic E-state index is 3.58. The van der Waals surface area contributed by atoms with Gasteiger partial charge < -0.3 is 5.32 Å². The molecule has 2 nitrogen and oxygen atoms in total. The van der Waals surface area contributed by atoms with Crippen molar-refractivity contribution in [2.24, 2.45) is 0 Å². The topological polar surface area (TPSA) is 15.3 Å². The molecule has 1 rings (SSSR count). The van der Waals surface area contributed by atoms with Crippen molar-refractivity contribution in [1.82, 2.24) is 10.2 Å². The lowest BCUT2D eigenvalue weighted by Crippen LogP contribution is -2.48. The van der Waals surface area contributed by atoms with Crippen molar-refractivity contribution in [2.75, 3.05) is 20.1 Å². The van der Waals surface area contributed by atoms with Gasteiger partial charge in [-0.25, -0.2) is 0 Å². The lowest BCUT2D eigenvalue weighted by atomic mass is 10.0. The Kier molecular flexibility index (Phi) is 3.74. The van der Waals surface area contributed by atoms with E-state index in [0.29, 0.717) is 5.54 Å². The molecular weight excluding hydrogens is 160 g/mol. The summed E-state index contributed by atoms with van der Waals surface area (Å²) < 4.78 is 0. The summed E-state index contributed by atoms with van der Waals surface area (Å²) in [5.74, 6) is 0. The van der Waals surface area contributed by atoms with Gasteiger partial charge in [0.2, 0.25) is 0 Å². The van der Waals surface area contributed by atoms with Crippen LogP contribution in [0.25, 0.3) is 0 Å². The molecule has 0 amide bonds. The first kappa shape index (κ1) is 11.0. The SMILES string of the molecule is CN(C[C@H]1CCCCN1)C(C)(C)C. The fourth-order valence-corrected chi connectivity index (χ4v) is 1.68. The molecule has 1 N–H and O–H groups in total. The number of piperidine rings is 1. The molecule has 0 aromatic heterocycles. The average Bonchev–Trinajstić information content (AvgIpc) is 2.04.